The molecular weight excluding hydrogens is 460 g/mol. The highest BCUT2D eigenvalue weighted by Crippen LogP contribution is 2.31. The van der Waals surface area contributed by atoms with Crippen LogP contribution in [-0.2, 0) is 22.4 Å². The molecule has 2 amide bonds. The second-order valence-electron chi connectivity index (χ2n) is 9.85. The minimum absolute atomic E-state index is 0.130. The predicted octanol–water partition coefficient (Wildman–Crippen LogP) is 5.89. The van der Waals surface area contributed by atoms with E-state index in [9.17, 15) is 9.59 Å². The second kappa shape index (κ2) is 11.4. The molecule has 6 heteroatoms. The lowest BCUT2D eigenvalue weighted by molar-refractivity contribution is -0.127. The van der Waals surface area contributed by atoms with Crippen molar-refractivity contribution < 1.29 is 9.59 Å². The molecule has 0 aliphatic heterocycles. The van der Waals surface area contributed by atoms with Gasteiger partial charge < -0.3 is 10.3 Å². The number of nitrogens with one attached hydrogen (secondary N) is 2. The number of aromatic amines is 1. The molecule has 0 unspecified atom stereocenters. The molecule has 1 saturated carbocycles. The molecule has 1 aliphatic carbocycles. The number of benzene rings is 2. The zero-order chi connectivity index (χ0) is 25.6. The van der Waals surface area contributed by atoms with Gasteiger partial charge in [0.05, 0.1) is 6.42 Å². The monoisotopic (exact) mass is 494 g/mol. The molecule has 2 aromatic heterocycles. The van der Waals surface area contributed by atoms with E-state index in [4.69, 9.17) is 0 Å². The van der Waals surface area contributed by atoms with Crippen molar-refractivity contribution in [2.24, 2.45) is 0 Å². The highest BCUT2D eigenvalue weighted by molar-refractivity contribution is 6.03. The van der Waals surface area contributed by atoms with Gasteiger partial charge in [-0.1, -0.05) is 56.5 Å². The van der Waals surface area contributed by atoms with E-state index >= 15 is 0 Å². The predicted molar refractivity (Wildman–Crippen MR) is 147 cm³/mol. The van der Waals surface area contributed by atoms with E-state index in [0.717, 1.165) is 54.1 Å². The Hall–Kier alpha value is -3.93. The highest BCUT2D eigenvalue weighted by Gasteiger charge is 2.34. The van der Waals surface area contributed by atoms with E-state index in [-0.39, 0.29) is 24.3 Å². The molecule has 5 rings (SSSR count). The summed E-state index contributed by atoms with van der Waals surface area (Å²) in [6.07, 6.45) is 11.7. The molecule has 190 valence electrons. The van der Waals surface area contributed by atoms with E-state index in [0.29, 0.717) is 5.69 Å². The summed E-state index contributed by atoms with van der Waals surface area (Å²) in [7, 11) is 0. The van der Waals surface area contributed by atoms with Gasteiger partial charge in [-0.15, -0.1) is 0 Å². The third-order valence-corrected chi connectivity index (χ3v) is 7.39. The van der Waals surface area contributed by atoms with Crippen LogP contribution in [0, 0.1) is 0 Å². The average molecular weight is 495 g/mol. The minimum Gasteiger partial charge on any atom is -0.361 e. The first-order chi connectivity index (χ1) is 18.1. The molecule has 1 aliphatic rings. The van der Waals surface area contributed by atoms with Crippen molar-refractivity contribution in [3.8, 4) is 0 Å². The lowest BCUT2D eigenvalue weighted by Gasteiger charge is -2.33. The first kappa shape index (κ1) is 24.8. The summed E-state index contributed by atoms with van der Waals surface area (Å²) in [5.41, 5.74) is 4.54. The van der Waals surface area contributed by atoms with E-state index in [2.05, 4.69) is 22.2 Å². The number of carbonyl (C=O) groups excluding carboxylic acids is 2. The van der Waals surface area contributed by atoms with Gasteiger partial charge in [-0.2, -0.15) is 0 Å². The summed E-state index contributed by atoms with van der Waals surface area (Å²) < 4.78 is 0. The minimum atomic E-state index is -0.796. The Bertz CT molecular complexity index is 1340. The molecule has 0 saturated heterocycles. The quantitative estimate of drug-likeness (QED) is 0.321. The number of aromatic nitrogens is 2. The van der Waals surface area contributed by atoms with Crippen molar-refractivity contribution in [2.45, 2.75) is 64.0 Å². The van der Waals surface area contributed by atoms with Gasteiger partial charge in [-0.05, 0) is 66.3 Å². The molecule has 0 radical (unpaired) electrons. The summed E-state index contributed by atoms with van der Waals surface area (Å²) in [5, 5.41) is 4.29. The summed E-state index contributed by atoms with van der Waals surface area (Å²) in [6.45, 7) is 2.10. The van der Waals surface area contributed by atoms with E-state index in [1.165, 1.54) is 12.0 Å². The number of amides is 2. The Balaban J connectivity index is 1.54. The Morgan fingerprint density at radius 1 is 1.00 bits per heavy atom. The van der Waals surface area contributed by atoms with Crippen LogP contribution in [0.3, 0.4) is 0 Å². The van der Waals surface area contributed by atoms with Gasteiger partial charge in [0.1, 0.15) is 6.04 Å². The number of hydrogen-bond donors (Lipinski definition) is 2. The molecule has 1 fully saturated rings. The first-order valence-electron chi connectivity index (χ1n) is 13.3. The Kier molecular flexibility index (Phi) is 7.64. The topological polar surface area (TPSA) is 78.1 Å². The van der Waals surface area contributed by atoms with Gasteiger partial charge in [-0.25, -0.2) is 0 Å². The fraction of sp³-hybridized carbons (Fsp3) is 0.323. The molecule has 0 bridgehead atoms. The van der Waals surface area contributed by atoms with Crippen molar-refractivity contribution in [1.29, 1.82) is 0 Å². The number of pyridine rings is 1. The fourth-order valence-electron chi connectivity index (χ4n) is 5.35. The van der Waals surface area contributed by atoms with Crippen LogP contribution in [-0.4, -0.2) is 27.8 Å². The first-order valence-corrected chi connectivity index (χ1v) is 13.3. The summed E-state index contributed by atoms with van der Waals surface area (Å²) in [6, 6.07) is 18.9. The van der Waals surface area contributed by atoms with Crippen molar-refractivity contribution in [1.82, 2.24) is 15.3 Å². The largest absolute Gasteiger partial charge is 0.361 e. The van der Waals surface area contributed by atoms with Crippen LogP contribution in [0.5, 0.6) is 0 Å². The molecule has 2 aromatic carbocycles. The van der Waals surface area contributed by atoms with Crippen LogP contribution in [0.1, 0.15) is 61.8 Å². The van der Waals surface area contributed by atoms with Gasteiger partial charge in [0.25, 0.3) is 0 Å². The zero-order valence-corrected chi connectivity index (χ0v) is 21.3. The Morgan fingerprint density at radius 3 is 2.46 bits per heavy atom. The normalized spacial score (nSPS) is 14.8. The van der Waals surface area contributed by atoms with Crippen molar-refractivity contribution in [3.05, 3.63) is 95.9 Å². The molecule has 4 aromatic rings. The standard InChI is InChI=1S/C31H34N4O2/c1-2-22-12-14-26(15-13-22)35(29(36)20-24-21-33-28-11-7-6-10-27(24)28)30(23-16-18-32-19-17-23)31(37)34-25-8-4-3-5-9-25/h6-7,10-19,21,25,30,33H,2-5,8-9,20H2,1H3,(H,34,37)/t30-/m1/s1. The third-order valence-electron chi connectivity index (χ3n) is 7.39. The molecule has 2 N–H and O–H groups in total. The summed E-state index contributed by atoms with van der Waals surface area (Å²) in [5.74, 6) is -0.278. The lowest BCUT2D eigenvalue weighted by atomic mass is 9.94. The Labute approximate surface area is 218 Å². The van der Waals surface area contributed by atoms with E-state index in [1.807, 2.05) is 66.9 Å². The van der Waals surface area contributed by atoms with Gasteiger partial charge in [-0.3, -0.25) is 19.5 Å². The number of hydrogen-bond acceptors (Lipinski definition) is 3. The number of nitrogens with zero attached hydrogens (tertiary/aromatic N) is 2. The van der Waals surface area contributed by atoms with Gasteiger partial charge >= 0.3 is 0 Å². The zero-order valence-electron chi connectivity index (χ0n) is 21.3. The summed E-state index contributed by atoms with van der Waals surface area (Å²) >= 11 is 0. The lowest BCUT2D eigenvalue weighted by Crippen LogP contribution is -2.47. The number of aryl methyl sites for hydroxylation is 1. The van der Waals surface area contributed by atoms with Crippen LogP contribution >= 0.6 is 0 Å². The van der Waals surface area contributed by atoms with Crippen LogP contribution < -0.4 is 10.2 Å². The fourth-order valence-corrected chi connectivity index (χ4v) is 5.35. The van der Waals surface area contributed by atoms with Crippen molar-refractivity contribution in [2.75, 3.05) is 4.90 Å². The van der Waals surface area contributed by atoms with Gasteiger partial charge in [0.15, 0.2) is 0 Å². The van der Waals surface area contributed by atoms with Crippen molar-refractivity contribution >= 4 is 28.4 Å². The number of para-hydroxylation sites is 1. The molecule has 37 heavy (non-hydrogen) atoms. The van der Waals surface area contributed by atoms with Crippen LogP contribution in [0.2, 0.25) is 0 Å². The number of carbonyl (C=O) groups is 2. The number of fused-ring (bicyclic) bond motifs is 1. The van der Waals surface area contributed by atoms with E-state index in [1.54, 1.807) is 17.3 Å². The number of anilines is 1. The van der Waals surface area contributed by atoms with Gasteiger partial charge in [0, 0.05) is 41.2 Å². The highest BCUT2D eigenvalue weighted by atomic mass is 16.2. The SMILES string of the molecule is CCc1ccc(N(C(=O)Cc2c[nH]c3ccccc23)[C@@H](C(=O)NC2CCCCC2)c2ccncc2)cc1. The molecule has 2 heterocycles. The smallest absolute Gasteiger partial charge is 0.248 e. The van der Waals surface area contributed by atoms with Crippen LogP contribution in [0.4, 0.5) is 5.69 Å². The number of H-pyrrole nitrogens is 1. The summed E-state index contributed by atoms with van der Waals surface area (Å²) in [4.78, 5) is 37.2. The maximum Gasteiger partial charge on any atom is 0.248 e. The number of rotatable bonds is 8. The third kappa shape index (κ3) is 5.58. The second-order valence-corrected chi connectivity index (χ2v) is 9.85. The van der Waals surface area contributed by atoms with E-state index < -0.39 is 6.04 Å². The van der Waals surface area contributed by atoms with Crippen LogP contribution in [0.25, 0.3) is 10.9 Å². The van der Waals surface area contributed by atoms with Gasteiger partial charge in [0.2, 0.25) is 11.8 Å². The maximum absolute atomic E-state index is 14.1. The molecular formula is C31H34N4O2. The Morgan fingerprint density at radius 2 is 1.73 bits per heavy atom. The molecule has 0 spiro atoms. The van der Waals surface area contributed by atoms with Crippen molar-refractivity contribution in [3.63, 3.8) is 0 Å². The molecule has 6 nitrogen and oxygen atoms in total. The maximum atomic E-state index is 14.1. The molecule has 1 atom stereocenters. The van der Waals surface area contributed by atoms with Crippen LogP contribution in [0.15, 0.2) is 79.3 Å². The average Bonchev–Trinajstić information content (AvgIpc) is 3.35.